The molecule has 0 radical (unpaired) electrons. The van der Waals surface area contributed by atoms with E-state index in [1.54, 1.807) is 6.20 Å². The van der Waals surface area contributed by atoms with Gasteiger partial charge in [-0.1, -0.05) is 18.2 Å². The highest BCUT2D eigenvalue weighted by Gasteiger charge is 1.91. The summed E-state index contributed by atoms with van der Waals surface area (Å²) >= 11 is 0. The minimum absolute atomic E-state index is 0.763. The summed E-state index contributed by atoms with van der Waals surface area (Å²) in [6, 6.07) is 9.84. The molecule has 0 heterocycles. The number of hydrogen-bond donors (Lipinski definition) is 0. The molecule has 0 bridgehead atoms. The summed E-state index contributed by atoms with van der Waals surface area (Å²) in [5.41, 5.74) is 1.07. The van der Waals surface area contributed by atoms with E-state index in [9.17, 15) is 4.79 Å². The van der Waals surface area contributed by atoms with Crippen molar-refractivity contribution in [1.82, 2.24) is 0 Å². The molecule has 0 aromatic heterocycles. The number of para-hydroxylation sites is 1. The maximum Gasteiger partial charge on any atom is 0.144 e. The highest BCUT2D eigenvalue weighted by molar-refractivity contribution is 5.66. The predicted octanol–water partition coefficient (Wildman–Crippen LogP) is 1.84. The molecule has 0 aliphatic heterocycles. The zero-order valence-corrected chi connectivity index (χ0v) is 6.97. The van der Waals surface area contributed by atoms with Crippen LogP contribution in [0.15, 0.2) is 42.6 Å². The average molecular weight is 161 g/mol. The summed E-state index contributed by atoms with van der Waals surface area (Å²) in [4.78, 5) is 11.9. The van der Waals surface area contributed by atoms with E-state index in [4.69, 9.17) is 0 Å². The molecule has 2 heteroatoms. The van der Waals surface area contributed by atoms with Gasteiger partial charge in [-0.15, -0.1) is 0 Å². The average Bonchev–Trinajstić information content (AvgIpc) is 2.15. The van der Waals surface area contributed by atoms with Crippen LogP contribution in [-0.2, 0) is 4.79 Å². The van der Waals surface area contributed by atoms with E-state index in [0.29, 0.717) is 0 Å². The largest absolute Gasteiger partial charge is 0.351 e. The number of carbonyl (C=O) groups is 1. The molecule has 0 fully saturated rings. The summed E-state index contributed by atoms with van der Waals surface area (Å²) in [7, 11) is 1.90. The second kappa shape index (κ2) is 4.34. The molecule has 1 aromatic carbocycles. The fraction of sp³-hybridized carbons (Fsp3) is 0.100. The Morgan fingerprint density at radius 3 is 2.50 bits per heavy atom. The molecule has 12 heavy (non-hydrogen) atoms. The van der Waals surface area contributed by atoms with Crippen molar-refractivity contribution < 1.29 is 4.79 Å². The Balaban J connectivity index is 2.71. The van der Waals surface area contributed by atoms with E-state index in [1.807, 2.05) is 42.3 Å². The van der Waals surface area contributed by atoms with Gasteiger partial charge in [0.05, 0.1) is 0 Å². The Kier molecular flexibility index (Phi) is 3.08. The van der Waals surface area contributed by atoms with Gasteiger partial charge < -0.3 is 4.90 Å². The van der Waals surface area contributed by atoms with Gasteiger partial charge in [0.15, 0.2) is 0 Å². The molecule has 0 aliphatic rings. The summed E-state index contributed by atoms with van der Waals surface area (Å²) in [6.07, 6.45) is 3.95. The van der Waals surface area contributed by atoms with Crippen molar-refractivity contribution in [2.24, 2.45) is 0 Å². The first-order chi connectivity index (χ1) is 5.84. The van der Waals surface area contributed by atoms with Crippen LogP contribution >= 0.6 is 0 Å². The Morgan fingerprint density at radius 1 is 1.25 bits per heavy atom. The maximum atomic E-state index is 10.0. The molecule has 0 N–H and O–H groups in total. The zero-order valence-electron chi connectivity index (χ0n) is 6.97. The molecule has 0 spiro atoms. The lowest BCUT2D eigenvalue weighted by Gasteiger charge is -2.12. The second-order valence-electron chi connectivity index (χ2n) is 2.42. The molecular weight excluding hydrogens is 150 g/mol. The molecule has 0 atom stereocenters. The van der Waals surface area contributed by atoms with Gasteiger partial charge >= 0.3 is 0 Å². The number of rotatable bonds is 3. The van der Waals surface area contributed by atoms with E-state index in [2.05, 4.69) is 0 Å². The van der Waals surface area contributed by atoms with Gasteiger partial charge in [-0.05, 0) is 18.2 Å². The smallest absolute Gasteiger partial charge is 0.144 e. The number of hydrogen-bond acceptors (Lipinski definition) is 2. The Bertz CT molecular complexity index is 266. The van der Waals surface area contributed by atoms with E-state index in [0.717, 1.165) is 12.0 Å². The van der Waals surface area contributed by atoms with Crippen molar-refractivity contribution >= 4 is 12.0 Å². The summed E-state index contributed by atoms with van der Waals surface area (Å²) < 4.78 is 0. The highest BCUT2D eigenvalue weighted by Crippen LogP contribution is 2.10. The lowest BCUT2D eigenvalue weighted by atomic mass is 10.3. The third kappa shape index (κ3) is 2.23. The van der Waals surface area contributed by atoms with Crippen molar-refractivity contribution in [2.45, 2.75) is 0 Å². The first-order valence-corrected chi connectivity index (χ1v) is 3.74. The van der Waals surface area contributed by atoms with E-state index >= 15 is 0 Å². The van der Waals surface area contributed by atoms with Gasteiger partial charge in [0.2, 0.25) is 0 Å². The van der Waals surface area contributed by atoms with Crippen LogP contribution in [0.25, 0.3) is 0 Å². The number of anilines is 1. The first-order valence-electron chi connectivity index (χ1n) is 3.74. The number of nitrogens with zero attached hydrogens (tertiary/aromatic N) is 1. The van der Waals surface area contributed by atoms with Crippen LogP contribution in [-0.4, -0.2) is 13.3 Å². The molecule has 0 amide bonds. The van der Waals surface area contributed by atoms with Crippen LogP contribution in [0.5, 0.6) is 0 Å². The molecule has 62 valence electrons. The van der Waals surface area contributed by atoms with Gasteiger partial charge in [0.1, 0.15) is 6.29 Å². The van der Waals surface area contributed by atoms with Gasteiger partial charge in [0, 0.05) is 18.9 Å². The van der Waals surface area contributed by atoms with Crippen LogP contribution in [0.1, 0.15) is 0 Å². The monoisotopic (exact) mass is 161 g/mol. The standard InChI is InChI=1S/C10H11NO/c1-11(8-5-9-12)10-6-3-2-4-7-10/h2-9H,1H3. The Morgan fingerprint density at radius 2 is 1.92 bits per heavy atom. The van der Waals surface area contributed by atoms with Crippen molar-refractivity contribution in [1.29, 1.82) is 0 Å². The number of aldehydes is 1. The molecule has 0 saturated carbocycles. The molecule has 1 aromatic rings. The van der Waals surface area contributed by atoms with E-state index in [1.165, 1.54) is 6.08 Å². The SMILES string of the molecule is CN(C=CC=O)c1ccccc1. The van der Waals surface area contributed by atoms with Crippen LogP contribution in [0.3, 0.4) is 0 Å². The molecular formula is C10H11NO. The van der Waals surface area contributed by atoms with E-state index < -0.39 is 0 Å². The number of allylic oxidation sites excluding steroid dienone is 1. The Labute approximate surface area is 72.1 Å². The topological polar surface area (TPSA) is 20.3 Å². The molecule has 0 aliphatic carbocycles. The minimum atomic E-state index is 0.763. The fourth-order valence-corrected chi connectivity index (χ4v) is 0.913. The third-order valence-corrected chi connectivity index (χ3v) is 1.55. The molecule has 1 rings (SSSR count). The quantitative estimate of drug-likeness (QED) is 0.498. The van der Waals surface area contributed by atoms with E-state index in [-0.39, 0.29) is 0 Å². The first kappa shape index (κ1) is 8.53. The van der Waals surface area contributed by atoms with Crippen molar-refractivity contribution in [2.75, 3.05) is 11.9 Å². The lowest BCUT2D eigenvalue weighted by molar-refractivity contribution is -0.104. The van der Waals surface area contributed by atoms with Crippen LogP contribution in [0, 0.1) is 0 Å². The Hall–Kier alpha value is -1.57. The normalized spacial score (nSPS) is 10.1. The number of benzene rings is 1. The highest BCUT2D eigenvalue weighted by atomic mass is 16.1. The van der Waals surface area contributed by atoms with Crippen molar-refractivity contribution in [3.05, 3.63) is 42.6 Å². The van der Waals surface area contributed by atoms with Crippen LogP contribution in [0.4, 0.5) is 5.69 Å². The zero-order chi connectivity index (χ0) is 8.81. The van der Waals surface area contributed by atoms with Gasteiger partial charge in [-0.3, -0.25) is 4.79 Å². The van der Waals surface area contributed by atoms with Crippen LogP contribution < -0.4 is 4.90 Å². The molecule has 0 unspecified atom stereocenters. The molecule has 0 saturated heterocycles. The van der Waals surface area contributed by atoms with Gasteiger partial charge in [-0.25, -0.2) is 0 Å². The summed E-state index contributed by atoms with van der Waals surface area (Å²) in [5.74, 6) is 0. The van der Waals surface area contributed by atoms with Crippen molar-refractivity contribution in [3.8, 4) is 0 Å². The predicted molar refractivity (Wildman–Crippen MR) is 50.0 cm³/mol. The minimum Gasteiger partial charge on any atom is -0.351 e. The summed E-state index contributed by atoms with van der Waals surface area (Å²) in [5, 5.41) is 0. The summed E-state index contributed by atoms with van der Waals surface area (Å²) in [6.45, 7) is 0. The van der Waals surface area contributed by atoms with Gasteiger partial charge in [0.25, 0.3) is 0 Å². The molecule has 2 nitrogen and oxygen atoms in total. The van der Waals surface area contributed by atoms with Gasteiger partial charge in [-0.2, -0.15) is 0 Å². The maximum absolute atomic E-state index is 10.0. The van der Waals surface area contributed by atoms with Crippen molar-refractivity contribution in [3.63, 3.8) is 0 Å². The second-order valence-corrected chi connectivity index (χ2v) is 2.42. The lowest BCUT2D eigenvalue weighted by Crippen LogP contribution is -2.07. The van der Waals surface area contributed by atoms with Crippen LogP contribution in [0.2, 0.25) is 0 Å². The number of carbonyl (C=O) groups excluding carboxylic acids is 1. The fourth-order valence-electron chi connectivity index (χ4n) is 0.913. The third-order valence-electron chi connectivity index (χ3n) is 1.55.